The number of hydrogen-bond acceptors (Lipinski definition) is 6. The molecule has 0 spiro atoms. The van der Waals surface area contributed by atoms with Crippen molar-refractivity contribution in [3.8, 4) is 17.0 Å². The van der Waals surface area contributed by atoms with E-state index in [0.717, 1.165) is 0 Å². The number of nitrogens with zero attached hydrogens (tertiary/aromatic N) is 5. The third kappa shape index (κ3) is 4.92. The maximum absolute atomic E-state index is 15.0. The molecule has 8 nitrogen and oxygen atoms in total. The van der Waals surface area contributed by atoms with E-state index in [-0.39, 0.29) is 58.6 Å². The third-order valence-corrected chi connectivity index (χ3v) is 8.59. The Kier molecular flexibility index (Phi) is 7.76. The summed E-state index contributed by atoms with van der Waals surface area (Å²) in [6.07, 6.45) is 1.97. The first-order chi connectivity index (χ1) is 19.1. The highest BCUT2D eigenvalue weighted by molar-refractivity contribution is 6.35. The van der Waals surface area contributed by atoms with Crippen LogP contribution in [-0.4, -0.2) is 102 Å². The van der Waals surface area contributed by atoms with Gasteiger partial charge >= 0.3 is 0 Å². The quantitative estimate of drug-likeness (QED) is 0.486. The number of carbonyl (C=O) groups is 2. The fourth-order valence-electron chi connectivity index (χ4n) is 6.00. The summed E-state index contributed by atoms with van der Waals surface area (Å²) in [4.78, 5) is 38.8. The Labute approximate surface area is 238 Å². The maximum atomic E-state index is 15.0. The van der Waals surface area contributed by atoms with Crippen molar-refractivity contribution in [2.75, 3.05) is 58.0 Å². The van der Waals surface area contributed by atoms with Gasteiger partial charge in [0.2, 0.25) is 5.91 Å². The predicted octanol–water partition coefficient (Wildman–Crippen LogP) is 4.03. The first-order valence-electron chi connectivity index (χ1n) is 13.4. The van der Waals surface area contributed by atoms with E-state index >= 15 is 4.39 Å². The molecule has 1 aromatic carbocycles. The SMILES string of the molecule is C=CC(=O)N1CCN2C(=O)c3c(N4C[C@@H](N(C)CCF)CC4(C)C)nc(-c4ccccc4F)c(Cl)c3OC[C@H]2C1. The molecule has 0 N–H and O–H groups in total. The normalized spacial score (nSPS) is 22.1. The van der Waals surface area contributed by atoms with Crippen LogP contribution in [0.2, 0.25) is 5.02 Å². The molecule has 2 fully saturated rings. The number of aromatic nitrogens is 1. The van der Waals surface area contributed by atoms with E-state index in [4.69, 9.17) is 21.3 Å². The molecular formula is C29H34ClF2N5O3. The number of benzene rings is 1. The number of ether oxygens (including phenoxy) is 1. The van der Waals surface area contributed by atoms with Gasteiger partial charge in [-0.05, 0) is 45.5 Å². The highest BCUT2D eigenvalue weighted by Gasteiger charge is 2.46. The Morgan fingerprint density at radius 2 is 2.05 bits per heavy atom. The van der Waals surface area contributed by atoms with E-state index in [9.17, 15) is 14.0 Å². The van der Waals surface area contributed by atoms with Gasteiger partial charge in [-0.2, -0.15) is 0 Å². The van der Waals surface area contributed by atoms with Crippen LogP contribution in [0.5, 0.6) is 5.75 Å². The van der Waals surface area contributed by atoms with Crippen molar-refractivity contribution in [1.82, 2.24) is 19.7 Å². The average Bonchev–Trinajstić information content (AvgIpc) is 3.18. The van der Waals surface area contributed by atoms with Crippen molar-refractivity contribution < 1.29 is 23.1 Å². The van der Waals surface area contributed by atoms with Crippen LogP contribution >= 0.6 is 11.6 Å². The van der Waals surface area contributed by atoms with Gasteiger partial charge in [-0.25, -0.2) is 13.8 Å². The van der Waals surface area contributed by atoms with Crippen molar-refractivity contribution in [3.05, 3.63) is 53.3 Å². The largest absolute Gasteiger partial charge is 0.489 e. The molecule has 2 aromatic rings. The molecule has 3 aliphatic heterocycles. The summed E-state index contributed by atoms with van der Waals surface area (Å²) in [5.74, 6) is -0.501. The van der Waals surface area contributed by atoms with Gasteiger partial charge in [-0.3, -0.25) is 14.5 Å². The molecule has 0 saturated carbocycles. The van der Waals surface area contributed by atoms with Crippen LogP contribution in [0.1, 0.15) is 30.6 Å². The van der Waals surface area contributed by atoms with Gasteiger partial charge in [0.25, 0.3) is 5.91 Å². The van der Waals surface area contributed by atoms with Crippen LogP contribution in [0.4, 0.5) is 14.6 Å². The Balaban J connectivity index is 1.65. The molecular weight excluding hydrogens is 540 g/mol. The van der Waals surface area contributed by atoms with Gasteiger partial charge < -0.3 is 19.4 Å². The summed E-state index contributed by atoms with van der Waals surface area (Å²) in [6, 6.07) is 5.80. The van der Waals surface area contributed by atoms with E-state index in [1.807, 2.05) is 30.7 Å². The fraction of sp³-hybridized carbons (Fsp3) is 0.483. The molecule has 5 rings (SSSR count). The summed E-state index contributed by atoms with van der Waals surface area (Å²) >= 11 is 6.87. The number of anilines is 1. The number of rotatable bonds is 6. The Bertz CT molecular complexity index is 1340. The second-order valence-corrected chi connectivity index (χ2v) is 11.6. The van der Waals surface area contributed by atoms with E-state index < -0.39 is 24.1 Å². The molecule has 2 amide bonds. The lowest BCUT2D eigenvalue weighted by atomic mass is 9.98. The minimum absolute atomic E-state index is 0.0128. The number of carbonyl (C=O) groups excluding carboxylic acids is 2. The van der Waals surface area contributed by atoms with Gasteiger partial charge in [0, 0.05) is 49.9 Å². The summed E-state index contributed by atoms with van der Waals surface area (Å²) in [6.45, 7) is 9.04. The highest BCUT2D eigenvalue weighted by Crippen LogP contribution is 2.47. The zero-order chi connectivity index (χ0) is 28.8. The molecule has 11 heteroatoms. The smallest absolute Gasteiger partial charge is 0.261 e. The molecule has 0 bridgehead atoms. The number of piperazine rings is 1. The van der Waals surface area contributed by atoms with E-state index in [1.165, 1.54) is 12.1 Å². The molecule has 40 heavy (non-hydrogen) atoms. The highest BCUT2D eigenvalue weighted by atomic mass is 35.5. The summed E-state index contributed by atoms with van der Waals surface area (Å²) in [7, 11) is 1.88. The van der Waals surface area contributed by atoms with Gasteiger partial charge in [0.15, 0.2) is 5.75 Å². The van der Waals surface area contributed by atoms with Crippen molar-refractivity contribution in [1.29, 1.82) is 0 Å². The molecule has 0 radical (unpaired) electrons. The first-order valence-corrected chi connectivity index (χ1v) is 13.8. The lowest BCUT2D eigenvalue weighted by molar-refractivity contribution is -0.128. The lowest BCUT2D eigenvalue weighted by Crippen LogP contribution is -2.57. The molecule has 0 aliphatic carbocycles. The van der Waals surface area contributed by atoms with Crippen molar-refractivity contribution in [2.45, 2.75) is 37.9 Å². The van der Waals surface area contributed by atoms with Crippen molar-refractivity contribution in [3.63, 3.8) is 0 Å². The van der Waals surface area contributed by atoms with Gasteiger partial charge in [0.05, 0.1) is 11.7 Å². The standard InChI is InChI=1S/C29H34ClF2N5O3/c1-5-22(38)35-12-13-36-19(15-35)17-40-26-23(28(36)39)27(33-25(24(26)30)20-8-6-7-9-21(20)32)37-16-18(14-29(37,2)3)34(4)11-10-31/h5-9,18-19H,1,10-17H2,2-4H3/t18-,19+/m0/s1. The monoisotopic (exact) mass is 573 g/mol. The van der Waals surface area contributed by atoms with Crippen LogP contribution in [-0.2, 0) is 4.79 Å². The zero-order valence-corrected chi connectivity index (χ0v) is 23.8. The van der Waals surface area contributed by atoms with Gasteiger partial charge in [-0.15, -0.1) is 0 Å². The first kappa shape index (κ1) is 28.3. The lowest BCUT2D eigenvalue weighted by Gasteiger charge is -2.40. The predicted molar refractivity (Wildman–Crippen MR) is 150 cm³/mol. The summed E-state index contributed by atoms with van der Waals surface area (Å²) < 4.78 is 34.5. The molecule has 214 valence electrons. The number of hydrogen-bond donors (Lipinski definition) is 0. The van der Waals surface area contributed by atoms with Crippen molar-refractivity contribution >= 4 is 29.2 Å². The van der Waals surface area contributed by atoms with Crippen LogP contribution in [0, 0.1) is 5.82 Å². The Hall–Kier alpha value is -3.24. The minimum Gasteiger partial charge on any atom is -0.489 e. The Morgan fingerprint density at radius 3 is 2.75 bits per heavy atom. The van der Waals surface area contributed by atoms with Crippen LogP contribution in [0.3, 0.4) is 0 Å². The topological polar surface area (TPSA) is 69.2 Å². The summed E-state index contributed by atoms with van der Waals surface area (Å²) in [5, 5.41) is 0.0548. The van der Waals surface area contributed by atoms with E-state index in [2.05, 4.69) is 6.58 Å². The van der Waals surface area contributed by atoms with Gasteiger partial charge in [0.1, 0.15) is 35.5 Å². The number of pyridine rings is 1. The van der Waals surface area contributed by atoms with Crippen LogP contribution in [0.15, 0.2) is 36.9 Å². The van der Waals surface area contributed by atoms with E-state index in [0.29, 0.717) is 38.4 Å². The average molecular weight is 574 g/mol. The number of likely N-dealkylation sites (N-methyl/N-ethyl adjacent to an activating group) is 1. The second kappa shape index (κ2) is 11.0. The number of amides is 2. The van der Waals surface area contributed by atoms with Gasteiger partial charge in [-0.1, -0.05) is 30.3 Å². The third-order valence-electron chi connectivity index (χ3n) is 8.24. The van der Waals surface area contributed by atoms with E-state index in [1.54, 1.807) is 28.0 Å². The second-order valence-electron chi connectivity index (χ2n) is 11.2. The van der Waals surface area contributed by atoms with Crippen LogP contribution in [0.25, 0.3) is 11.3 Å². The molecule has 2 saturated heterocycles. The maximum Gasteiger partial charge on any atom is 0.261 e. The fourth-order valence-corrected chi connectivity index (χ4v) is 6.29. The summed E-state index contributed by atoms with van der Waals surface area (Å²) in [5.41, 5.74) is 0.136. The molecule has 2 atom stereocenters. The molecule has 4 heterocycles. The van der Waals surface area contributed by atoms with Crippen molar-refractivity contribution in [2.24, 2.45) is 0 Å². The minimum atomic E-state index is -0.500. The number of halogens is 3. The number of fused-ring (bicyclic) bond motifs is 2. The van der Waals surface area contributed by atoms with Crippen LogP contribution < -0.4 is 9.64 Å². The Morgan fingerprint density at radius 1 is 1.30 bits per heavy atom. The molecule has 0 unspecified atom stereocenters. The molecule has 3 aliphatic rings. The zero-order valence-electron chi connectivity index (χ0n) is 23.0. The molecule has 1 aromatic heterocycles. The number of alkyl halides is 1.